The zero-order valence-corrected chi connectivity index (χ0v) is 13.8. The van der Waals surface area contributed by atoms with Gasteiger partial charge in [-0.1, -0.05) is 0 Å². The van der Waals surface area contributed by atoms with E-state index in [-0.39, 0.29) is 0 Å². The van der Waals surface area contributed by atoms with E-state index >= 15 is 0 Å². The molecule has 20 heavy (non-hydrogen) atoms. The third-order valence-corrected chi connectivity index (χ3v) is 5.07. The van der Waals surface area contributed by atoms with Crippen LogP contribution in [0.4, 0.5) is 4.79 Å². The lowest BCUT2D eigenvalue weighted by atomic mass is 10.3. The number of hydrogen-bond acceptors (Lipinski definition) is 6. The maximum Gasteiger partial charge on any atom is 0.328 e. The number of amides is 2. The minimum absolute atomic E-state index is 0.306. The van der Waals surface area contributed by atoms with Gasteiger partial charge in [0.15, 0.2) is 0 Å². The number of carbonyl (C=O) groups is 3. The molecule has 1 atom stereocenters. The molecular weight excluding hydrogens is 366 g/mol. The Kier molecular flexibility index (Phi) is 4.66. The molecule has 2 rings (SSSR count). The van der Waals surface area contributed by atoms with Gasteiger partial charge in [0, 0.05) is 4.88 Å². The highest BCUT2D eigenvalue weighted by Crippen LogP contribution is 2.35. The summed E-state index contributed by atoms with van der Waals surface area (Å²) in [4.78, 5) is 37.6. The van der Waals surface area contributed by atoms with E-state index in [4.69, 9.17) is 0 Å². The second kappa shape index (κ2) is 6.11. The van der Waals surface area contributed by atoms with Gasteiger partial charge in [0.05, 0.1) is 15.8 Å². The molecule has 5 nitrogen and oxygen atoms in total. The lowest BCUT2D eigenvalue weighted by Gasteiger charge is -2.18. The van der Waals surface area contributed by atoms with Gasteiger partial charge in [0.25, 0.3) is 11.1 Å². The third-order valence-electron chi connectivity index (χ3n) is 2.62. The van der Waals surface area contributed by atoms with Crippen molar-refractivity contribution >= 4 is 62.2 Å². The Labute approximate surface area is 132 Å². The van der Waals surface area contributed by atoms with Crippen LogP contribution in [0.15, 0.2) is 20.8 Å². The predicted octanol–water partition coefficient (Wildman–Crippen LogP) is 3.11. The normalized spacial score (nSPS) is 18.8. The molecule has 1 saturated heterocycles. The maximum absolute atomic E-state index is 12.2. The van der Waals surface area contributed by atoms with E-state index in [0.717, 1.165) is 25.3 Å². The van der Waals surface area contributed by atoms with Crippen molar-refractivity contribution in [3.05, 3.63) is 25.7 Å². The molecule has 106 valence electrons. The van der Waals surface area contributed by atoms with Crippen molar-refractivity contribution in [2.45, 2.75) is 13.0 Å². The van der Waals surface area contributed by atoms with E-state index in [9.17, 15) is 14.4 Å². The topological polar surface area (TPSA) is 63.7 Å². The molecule has 1 aromatic heterocycles. The number of nitrogens with zero attached hydrogens (tertiary/aromatic N) is 1. The molecule has 2 amide bonds. The zero-order valence-electron chi connectivity index (χ0n) is 10.6. The molecule has 0 N–H and O–H groups in total. The number of esters is 1. The molecule has 2 heterocycles. The number of ether oxygens (including phenoxy) is 1. The summed E-state index contributed by atoms with van der Waals surface area (Å²) in [5, 5.41) is -0.463. The molecule has 0 bridgehead atoms. The first kappa shape index (κ1) is 15.3. The molecule has 1 aromatic rings. The summed E-state index contributed by atoms with van der Waals surface area (Å²) in [5.41, 5.74) is 0. The molecule has 1 aliphatic heterocycles. The van der Waals surface area contributed by atoms with E-state index in [1.165, 1.54) is 25.4 Å². The molecule has 0 unspecified atom stereocenters. The summed E-state index contributed by atoms with van der Waals surface area (Å²) in [6, 6.07) is 2.78. The van der Waals surface area contributed by atoms with Crippen LogP contribution >= 0.6 is 39.0 Å². The first-order valence-electron chi connectivity index (χ1n) is 5.54. The van der Waals surface area contributed by atoms with Crippen molar-refractivity contribution in [2.24, 2.45) is 0 Å². The molecule has 1 aliphatic rings. The number of halogens is 1. The summed E-state index contributed by atoms with van der Waals surface area (Å²) in [7, 11) is 1.22. The minimum Gasteiger partial charge on any atom is -0.467 e. The average molecular weight is 376 g/mol. The molecule has 0 aliphatic carbocycles. The second-order valence-corrected chi connectivity index (χ2v) is 7.38. The molecule has 0 aromatic carbocycles. The number of rotatable bonds is 3. The van der Waals surface area contributed by atoms with E-state index in [1.54, 1.807) is 6.08 Å². The van der Waals surface area contributed by atoms with Crippen molar-refractivity contribution in [2.75, 3.05) is 7.11 Å². The monoisotopic (exact) mass is 375 g/mol. The minimum atomic E-state index is -0.923. The van der Waals surface area contributed by atoms with Crippen LogP contribution in [0.25, 0.3) is 6.08 Å². The first-order chi connectivity index (χ1) is 9.43. The van der Waals surface area contributed by atoms with Gasteiger partial charge in [0.2, 0.25) is 0 Å². The van der Waals surface area contributed by atoms with E-state index in [0.29, 0.717) is 4.91 Å². The first-order valence-corrected chi connectivity index (χ1v) is 7.97. The summed E-state index contributed by atoms with van der Waals surface area (Å²) in [6.07, 6.45) is 1.64. The van der Waals surface area contributed by atoms with E-state index < -0.39 is 23.2 Å². The molecule has 0 radical (unpaired) electrons. The predicted molar refractivity (Wildman–Crippen MR) is 81.3 cm³/mol. The highest BCUT2D eigenvalue weighted by Gasteiger charge is 2.41. The highest BCUT2D eigenvalue weighted by molar-refractivity contribution is 9.11. The highest BCUT2D eigenvalue weighted by atomic mass is 79.9. The Morgan fingerprint density at radius 3 is 2.70 bits per heavy atom. The number of imide groups is 1. The molecule has 0 saturated carbocycles. The number of thioether (sulfide) groups is 1. The van der Waals surface area contributed by atoms with Gasteiger partial charge < -0.3 is 4.74 Å². The second-order valence-electron chi connectivity index (χ2n) is 3.89. The average Bonchev–Trinajstić information content (AvgIpc) is 2.93. The quantitative estimate of drug-likeness (QED) is 0.599. The van der Waals surface area contributed by atoms with Crippen LogP contribution in [-0.4, -0.2) is 35.2 Å². The molecular formula is C12H10BrNO4S2. The van der Waals surface area contributed by atoms with Crippen molar-refractivity contribution < 1.29 is 19.1 Å². The van der Waals surface area contributed by atoms with Gasteiger partial charge in [-0.15, -0.1) is 11.3 Å². The number of hydrogen-bond donors (Lipinski definition) is 0. The standard InChI is InChI=1S/C12H10BrNO4S2/c1-6(11(16)18-2)14-10(15)8(20-12(14)17)5-7-3-4-9(13)19-7/h3-6H,1-2H3/b8-5-/t6-/m1/s1. The summed E-state index contributed by atoms with van der Waals surface area (Å²) < 4.78 is 5.50. The maximum atomic E-state index is 12.2. The van der Waals surface area contributed by atoms with Crippen LogP contribution in [0.1, 0.15) is 11.8 Å². The Bertz CT molecular complexity index is 610. The zero-order chi connectivity index (χ0) is 14.9. The van der Waals surface area contributed by atoms with Crippen molar-refractivity contribution in [1.82, 2.24) is 4.90 Å². The Morgan fingerprint density at radius 1 is 1.45 bits per heavy atom. The van der Waals surface area contributed by atoms with E-state index in [1.807, 2.05) is 12.1 Å². The molecule has 1 fully saturated rings. The van der Waals surface area contributed by atoms with Crippen LogP contribution in [0.2, 0.25) is 0 Å². The Hall–Kier alpha value is -1.12. The fourth-order valence-corrected chi connectivity index (χ4v) is 3.97. The summed E-state index contributed by atoms with van der Waals surface area (Å²) in [6.45, 7) is 1.47. The fourth-order valence-electron chi connectivity index (χ4n) is 1.62. The van der Waals surface area contributed by atoms with Crippen molar-refractivity contribution in [1.29, 1.82) is 0 Å². The number of methoxy groups -OCH3 is 1. The van der Waals surface area contributed by atoms with Crippen LogP contribution in [-0.2, 0) is 14.3 Å². The van der Waals surface area contributed by atoms with Crippen molar-refractivity contribution in [3.8, 4) is 0 Å². The smallest absolute Gasteiger partial charge is 0.328 e. The molecule has 0 spiro atoms. The largest absolute Gasteiger partial charge is 0.467 e. The number of carbonyl (C=O) groups excluding carboxylic acids is 3. The van der Waals surface area contributed by atoms with Gasteiger partial charge in [-0.3, -0.25) is 14.5 Å². The lowest BCUT2D eigenvalue weighted by Crippen LogP contribution is -2.42. The van der Waals surface area contributed by atoms with Gasteiger partial charge >= 0.3 is 5.97 Å². The van der Waals surface area contributed by atoms with Gasteiger partial charge in [-0.25, -0.2) is 4.79 Å². The lowest BCUT2D eigenvalue weighted by molar-refractivity contribution is -0.148. The van der Waals surface area contributed by atoms with Crippen LogP contribution < -0.4 is 0 Å². The fraction of sp³-hybridized carbons (Fsp3) is 0.250. The number of thiophene rings is 1. The van der Waals surface area contributed by atoms with Gasteiger partial charge in [0.1, 0.15) is 6.04 Å². The Balaban J connectivity index is 2.25. The van der Waals surface area contributed by atoms with E-state index in [2.05, 4.69) is 20.7 Å². The summed E-state index contributed by atoms with van der Waals surface area (Å²) >= 11 is 5.61. The van der Waals surface area contributed by atoms with Crippen LogP contribution in [0, 0.1) is 0 Å². The summed E-state index contributed by atoms with van der Waals surface area (Å²) in [5.74, 6) is -1.09. The SMILES string of the molecule is COC(=O)[C@@H](C)N1C(=O)S/C(=C\c2ccc(Br)s2)C1=O. The van der Waals surface area contributed by atoms with Gasteiger partial charge in [-0.2, -0.15) is 0 Å². The van der Waals surface area contributed by atoms with Crippen molar-refractivity contribution in [3.63, 3.8) is 0 Å². The third kappa shape index (κ3) is 2.97. The van der Waals surface area contributed by atoms with Crippen LogP contribution in [0.5, 0.6) is 0 Å². The molecule has 8 heteroatoms. The van der Waals surface area contributed by atoms with Crippen LogP contribution in [0.3, 0.4) is 0 Å². The Morgan fingerprint density at radius 2 is 2.15 bits per heavy atom. The van der Waals surface area contributed by atoms with Gasteiger partial charge in [-0.05, 0) is 52.8 Å².